The highest BCUT2D eigenvalue weighted by Crippen LogP contribution is 2.37. The van der Waals surface area contributed by atoms with Crippen LogP contribution in [0, 0.1) is 0 Å². The largest absolute Gasteiger partial charge is 0.455 e. The summed E-state index contributed by atoms with van der Waals surface area (Å²) in [5.41, 5.74) is 10.8. The van der Waals surface area contributed by atoms with Crippen molar-refractivity contribution >= 4 is 21.9 Å². The highest BCUT2D eigenvalue weighted by atomic mass is 16.3. The van der Waals surface area contributed by atoms with Gasteiger partial charge in [0.2, 0.25) is 0 Å². The first kappa shape index (κ1) is 24.9. The molecule has 0 radical (unpaired) electrons. The molecule has 4 nitrogen and oxygen atoms in total. The van der Waals surface area contributed by atoms with E-state index in [0.717, 1.165) is 72.3 Å². The maximum absolute atomic E-state index is 6.30. The van der Waals surface area contributed by atoms with Crippen molar-refractivity contribution in [1.29, 1.82) is 0 Å². The van der Waals surface area contributed by atoms with Crippen molar-refractivity contribution in [2.75, 3.05) is 0 Å². The second-order valence-electron chi connectivity index (χ2n) is 10.5. The molecular weight excluding hydrogens is 526 g/mol. The zero-order valence-electron chi connectivity index (χ0n) is 23.2. The lowest BCUT2D eigenvalue weighted by Gasteiger charge is -2.13. The van der Waals surface area contributed by atoms with Gasteiger partial charge >= 0.3 is 0 Å². The van der Waals surface area contributed by atoms with Gasteiger partial charge in [0, 0.05) is 51.0 Å². The van der Waals surface area contributed by atoms with Crippen molar-refractivity contribution in [1.82, 2.24) is 15.0 Å². The summed E-state index contributed by atoms with van der Waals surface area (Å²) in [6.07, 6.45) is 3.66. The number of benzene rings is 5. The molecule has 0 saturated heterocycles. The molecule has 0 fully saturated rings. The maximum Gasteiger partial charge on any atom is 0.161 e. The highest BCUT2D eigenvalue weighted by Gasteiger charge is 2.16. The second-order valence-corrected chi connectivity index (χ2v) is 10.5. The zero-order chi connectivity index (χ0) is 28.6. The van der Waals surface area contributed by atoms with Crippen LogP contribution < -0.4 is 0 Å². The Labute approximate surface area is 249 Å². The van der Waals surface area contributed by atoms with Crippen LogP contribution >= 0.6 is 0 Å². The summed E-state index contributed by atoms with van der Waals surface area (Å²) in [4.78, 5) is 14.5. The van der Waals surface area contributed by atoms with Gasteiger partial charge in [-0.2, -0.15) is 0 Å². The number of furan rings is 1. The van der Waals surface area contributed by atoms with E-state index in [2.05, 4.69) is 89.9 Å². The molecule has 8 aromatic rings. The Hall–Kier alpha value is -5.87. The Morgan fingerprint density at radius 1 is 0.442 bits per heavy atom. The van der Waals surface area contributed by atoms with Gasteiger partial charge in [-0.3, -0.25) is 4.98 Å². The summed E-state index contributed by atoms with van der Waals surface area (Å²) in [7, 11) is 0. The minimum absolute atomic E-state index is 0.673. The van der Waals surface area contributed by atoms with Crippen LogP contribution in [0.4, 0.5) is 0 Å². The van der Waals surface area contributed by atoms with E-state index in [0.29, 0.717) is 5.82 Å². The van der Waals surface area contributed by atoms with Crippen LogP contribution in [0.1, 0.15) is 0 Å². The number of pyridine rings is 1. The van der Waals surface area contributed by atoms with Gasteiger partial charge in [0.05, 0.1) is 11.4 Å². The molecule has 202 valence electrons. The molecule has 0 aliphatic rings. The van der Waals surface area contributed by atoms with Gasteiger partial charge in [0.15, 0.2) is 5.82 Å². The first-order valence-corrected chi connectivity index (χ1v) is 14.3. The van der Waals surface area contributed by atoms with E-state index >= 15 is 0 Å². The number of nitrogens with zero attached hydrogens (tertiary/aromatic N) is 3. The highest BCUT2D eigenvalue weighted by molar-refractivity contribution is 6.09. The molecule has 0 atom stereocenters. The van der Waals surface area contributed by atoms with Crippen molar-refractivity contribution in [3.63, 3.8) is 0 Å². The lowest BCUT2D eigenvalue weighted by Crippen LogP contribution is -1.97. The van der Waals surface area contributed by atoms with Crippen LogP contribution in [0.25, 0.3) is 78.1 Å². The summed E-state index contributed by atoms with van der Waals surface area (Å²) in [6, 6.07) is 47.6. The van der Waals surface area contributed by atoms with Crippen molar-refractivity contribution in [3.8, 4) is 56.2 Å². The number of rotatable bonds is 5. The summed E-state index contributed by atoms with van der Waals surface area (Å²) < 4.78 is 6.30. The van der Waals surface area contributed by atoms with Crippen molar-refractivity contribution < 1.29 is 4.42 Å². The molecule has 0 amide bonds. The van der Waals surface area contributed by atoms with Gasteiger partial charge < -0.3 is 4.42 Å². The van der Waals surface area contributed by atoms with E-state index in [9.17, 15) is 0 Å². The molecule has 0 aliphatic carbocycles. The Kier molecular flexibility index (Phi) is 6.08. The van der Waals surface area contributed by atoms with Crippen LogP contribution in [0.2, 0.25) is 0 Å². The van der Waals surface area contributed by atoms with Crippen molar-refractivity contribution in [2.24, 2.45) is 0 Å². The van der Waals surface area contributed by atoms with E-state index in [-0.39, 0.29) is 0 Å². The molecule has 0 spiro atoms. The smallest absolute Gasteiger partial charge is 0.161 e. The summed E-state index contributed by atoms with van der Waals surface area (Å²) in [5.74, 6) is 0.673. The van der Waals surface area contributed by atoms with Crippen LogP contribution in [0.5, 0.6) is 0 Å². The average molecular weight is 552 g/mol. The zero-order valence-corrected chi connectivity index (χ0v) is 23.2. The quantitative estimate of drug-likeness (QED) is 0.214. The van der Waals surface area contributed by atoms with Gasteiger partial charge in [0.25, 0.3) is 0 Å². The van der Waals surface area contributed by atoms with E-state index in [1.165, 1.54) is 0 Å². The maximum atomic E-state index is 6.30. The van der Waals surface area contributed by atoms with Gasteiger partial charge in [-0.1, -0.05) is 121 Å². The molecule has 3 heterocycles. The van der Waals surface area contributed by atoms with Crippen LogP contribution in [0.15, 0.2) is 156 Å². The molecule has 3 aromatic heterocycles. The lowest BCUT2D eigenvalue weighted by molar-refractivity contribution is 0.670. The number of fused-ring (bicyclic) bond motifs is 3. The molecule has 5 aromatic carbocycles. The standard InChI is InChI=1S/C39H25N3O/c1-2-10-27(11-3-1)35-24-36(42-39(41-35)34-15-5-4-13-30(34)29-12-9-23-40-25-29)28-21-19-26(20-22-28)31-16-8-17-33-32-14-6-7-18-37(32)43-38(31)33/h1-25H. The Morgan fingerprint density at radius 3 is 1.86 bits per heavy atom. The lowest BCUT2D eigenvalue weighted by atomic mass is 9.98. The first-order valence-electron chi connectivity index (χ1n) is 14.3. The third-order valence-electron chi connectivity index (χ3n) is 7.83. The predicted octanol–water partition coefficient (Wildman–Crippen LogP) is 10.1. The van der Waals surface area contributed by atoms with Crippen LogP contribution in [-0.4, -0.2) is 15.0 Å². The molecule has 0 N–H and O–H groups in total. The van der Waals surface area contributed by atoms with E-state index in [1.54, 1.807) is 6.20 Å². The minimum Gasteiger partial charge on any atom is -0.455 e. The molecule has 0 bridgehead atoms. The van der Waals surface area contributed by atoms with Gasteiger partial charge in [0.1, 0.15) is 11.2 Å². The van der Waals surface area contributed by atoms with E-state index in [1.807, 2.05) is 60.8 Å². The fourth-order valence-corrected chi connectivity index (χ4v) is 5.72. The normalized spacial score (nSPS) is 11.3. The van der Waals surface area contributed by atoms with Gasteiger partial charge in [-0.25, -0.2) is 9.97 Å². The number of para-hydroxylation sites is 2. The molecule has 43 heavy (non-hydrogen) atoms. The molecule has 0 unspecified atom stereocenters. The fourth-order valence-electron chi connectivity index (χ4n) is 5.72. The minimum atomic E-state index is 0.673. The Bertz CT molecular complexity index is 2220. The topological polar surface area (TPSA) is 51.8 Å². The fraction of sp³-hybridized carbons (Fsp3) is 0. The van der Waals surface area contributed by atoms with Crippen LogP contribution in [-0.2, 0) is 0 Å². The monoisotopic (exact) mass is 551 g/mol. The third-order valence-corrected chi connectivity index (χ3v) is 7.83. The van der Waals surface area contributed by atoms with Gasteiger partial charge in [-0.05, 0) is 29.3 Å². The van der Waals surface area contributed by atoms with Crippen LogP contribution in [0.3, 0.4) is 0 Å². The van der Waals surface area contributed by atoms with E-state index in [4.69, 9.17) is 14.4 Å². The third kappa shape index (κ3) is 4.55. The second kappa shape index (κ2) is 10.5. The van der Waals surface area contributed by atoms with E-state index < -0.39 is 0 Å². The average Bonchev–Trinajstić information content (AvgIpc) is 3.48. The predicted molar refractivity (Wildman–Crippen MR) is 174 cm³/mol. The summed E-state index contributed by atoms with van der Waals surface area (Å²) in [5, 5.41) is 2.25. The number of aromatic nitrogens is 3. The molecule has 8 rings (SSSR count). The molecular formula is C39H25N3O. The Morgan fingerprint density at radius 2 is 1.07 bits per heavy atom. The summed E-state index contributed by atoms with van der Waals surface area (Å²) in [6.45, 7) is 0. The van der Waals surface area contributed by atoms with Crippen molar-refractivity contribution in [3.05, 3.63) is 152 Å². The number of hydrogen-bond donors (Lipinski definition) is 0. The molecule has 4 heteroatoms. The SMILES string of the molecule is c1ccc(-c2cc(-c3ccc(-c4cccc5c4oc4ccccc45)cc3)nc(-c3ccccc3-c3cccnc3)n2)cc1. The van der Waals surface area contributed by atoms with Gasteiger partial charge in [-0.15, -0.1) is 0 Å². The van der Waals surface area contributed by atoms with Crippen molar-refractivity contribution in [2.45, 2.75) is 0 Å². The molecule has 0 saturated carbocycles. The number of hydrogen-bond acceptors (Lipinski definition) is 4. The summed E-state index contributed by atoms with van der Waals surface area (Å²) >= 11 is 0. The molecule has 0 aliphatic heterocycles. The first-order chi connectivity index (χ1) is 21.3. The Balaban J connectivity index is 1.25.